The van der Waals surface area contributed by atoms with Crippen molar-refractivity contribution in [3.05, 3.63) is 85.5 Å². The van der Waals surface area contributed by atoms with E-state index >= 15 is 0 Å². The Labute approximate surface area is 176 Å². The molecule has 1 atom stereocenters. The van der Waals surface area contributed by atoms with Gasteiger partial charge in [-0.15, -0.1) is 0 Å². The molecule has 0 spiro atoms. The maximum Gasteiger partial charge on any atom is 0.295 e. The van der Waals surface area contributed by atoms with Gasteiger partial charge >= 0.3 is 0 Å². The van der Waals surface area contributed by atoms with Gasteiger partial charge in [0.2, 0.25) is 0 Å². The molecule has 1 fully saturated rings. The number of carbonyl (C=O) groups is 2. The van der Waals surface area contributed by atoms with Gasteiger partial charge in [-0.1, -0.05) is 25.5 Å². The third kappa shape index (κ3) is 4.13. The van der Waals surface area contributed by atoms with Crippen molar-refractivity contribution in [1.82, 2.24) is 4.90 Å². The Morgan fingerprint density at radius 2 is 1.68 bits per heavy atom. The van der Waals surface area contributed by atoms with Crippen LogP contribution in [-0.2, 0) is 9.59 Å². The van der Waals surface area contributed by atoms with E-state index in [1.54, 1.807) is 6.07 Å². The van der Waals surface area contributed by atoms with E-state index in [-0.39, 0.29) is 29.1 Å². The van der Waals surface area contributed by atoms with E-state index in [1.807, 2.05) is 6.92 Å². The van der Waals surface area contributed by atoms with Crippen molar-refractivity contribution in [3.8, 4) is 0 Å². The van der Waals surface area contributed by atoms with Crippen molar-refractivity contribution in [2.24, 2.45) is 0 Å². The van der Waals surface area contributed by atoms with Crippen LogP contribution in [0.4, 0.5) is 11.4 Å². The maximum absolute atomic E-state index is 12.8. The highest BCUT2D eigenvalue weighted by Crippen LogP contribution is 2.40. The van der Waals surface area contributed by atoms with Crippen LogP contribution in [0.25, 0.3) is 5.76 Å². The van der Waals surface area contributed by atoms with Gasteiger partial charge in [-0.2, -0.15) is 0 Å². The van der Waals surface area contributed by atoms with Gasteiger partial charge < -0.3 is 10.0 Å². The number of benzene rings is 2. The zero-order valence-electron chi connectivity index (χ0n) is 16.6. The molecule has 0 aliphatic carbocycles. The minimum atomic E-state index is -1.01. The van der Waals surface area contributed by atoms with Crippen LogP contribution >= 0.6 is 0 Å². The summed E-state index contributed by atoms with van der Waals surface area (Å²) < 4.78 is 0. The first-order valence-electron chi connectivity index (χ1n) is 9.53. The summed E-state index contributed by atoms with van der Waals surface area (Å²) in [5.41, 5.74) is -0.193. The minimum Gasteiger partial charge on any atom is -0.507 e. The van der Waals surface area contributed by atoms with Crippen molar-refractivity contribution in [2.45, 2.75) is 25.8 Å². The molecule has 31 heavy (non-hydrogen) atoms. The van der Waals surface area contributed by atoms with Crippen molar-refractivity contribution in [2.75, 3.05) is 6.54 Å². The fourth-order valence-electron chi connectivity index (χ4n) is 3.49. The van der Waals surface area contributed by atoms with Crippen LogP contribution in [-0.4, -0.2) is 38.1 Å². The molecule has 0 bridgehead atoms. The van der Waals surface area contributed by atoms with Crippen LogP contribution in [0.2, 0.25) is 0 Å². The van der Waals surface area contributed by atoms with Crippen LogP contribution in [0.5, 0.6) is 0 Å². The molecule has 0 saturated carbocycles. The number of hydrogen-bond donors (Lipinski definition) is 1. The Balaban J connectivity index is 2.17. The molecule has 1 amide bonds. The summed E-state index contributed by atoms with van der Waals surface area (Å²) in [7, 11) is 0. The number of Topliss-reactive ketones (excluding diaryl/α,β-unsaturated/α-hetero) is 1. The molecule has 1 aliphatic rings. The number of non-ortho nitro benzene ring substituents is 2. The average Bonchev–Trinajstić information content (AvgIpc) is 3.02. The number of nitro groups is 2. The second kappa shape index (κ2) is 8.74. The molecule has 2 aromatic rings. The van der Waals surface area contributed by atoms with Gasteiger partial charge in [-0.05, 0) is 24.1 Å². The number of aliphatic hydroxyl groups is 1. The standard InChI is InChI=1S/C21H19N3O7/c1-2-3-11-22-18(14-5-4-6-16(12-14)24(30)31)17(20(26)21(22)27)19(25)13-7-9-15(10-8-13)23(28)29/h4-10,12,18,25H,2-3,11H2,1H3/t18-/m0/s1. The fraction of sp³-hybridized carbons (Fsp3) is 0.238. The van der Waals surface area contributed by atoms with Crippen LogP contribution < -0.4 is 0 Å². The van der Waals surface area contributed by atoms with E-state index in [0.717, 1.165) is 6.42 Å². The smallest absolute Gasteiger partial charge is 0.295 e. The first-order chi connectivity index (χ1) is 14.8. The zero-order chi connectivity index (χ0) is 22.7. The van der Waals surface area contributed by atoms with E-state index in [9.17, 15) is 34.9 Å². The highest BCUT2D eigenvalue weighted by Gasteiger charge is 2.46. The zero-order valence-corrected chi connectivity index (χ0v) is 16.6. The van der Waals surface area contributed by atoms with Gasteiger partial charge in [-0.25, -0.2) is 0 Å². The number of amides is 1. The third-order valence-corrected chi connectivity index (χ3v) is 5.04. The molecular formula is C21H19N3O7. The van der Waals surface area contributed by atoms with E-state index in [2.05, 4.69) is 0 Å². The van der Waals surface area contributed by atoms with Crippen molar-refractivity contribution in [3.63, 3.8) is 0 Å². The van der Waals surface area contributed by atoms with Gasteiger partial charge in [0.05, 0.1) is 21.5 Å². The van der Waals surface area contributed by atoms with Gasteiger partial charge in [0.1, 0.15) is 5.76 Å². The lowest BCUT2D eigenvalue weighted by Crippen LogP contribution is -2.30. The number of aliphatic hydroxyl groups excluding tert-OH is 1. The molecule has 1 heterocycles. The summed E-state index contributed by atoms with van der Waals surface area (Å²) in [6, 6.07) is 9.42. The van der Waals surface area contributed by atoms with Crippen LogP contribution in [0.3, 0.4) is 0 Å². The predicted octanol–water partition coefficient (Wildman–Crippen LogP) is 3.72. The number of carbonyl (C=O) groups excluding carboxylic acids is 2. The van der Waals surface area contributed by atoms with Crippen LogP contribution in [0, 0.1) is 20.2 Å². The lowest BCUT2D eigenvalue weighted by molar-refractivity contribution is -0.385. The summed E-state index contributed by atoms with van der Waals surface area (Å²) in [5.74, 6) is -2.22. The Hall–Kier alpha value is -4.08. The molecule has 0 radical (unpaired) electrons. The minimum absolute atomic E-state index is 0.120. The molecule has 10 heteroatoms. The molecule has 0 unspecified atom stereocenters. The highest BCUT2D eigenvalue weighted by molar-refractivity contribution is 6.46. The molecule has 0 aromatic heterocycles. The molecule has 2 aromatic carbocycles. The van der Waals surface area contributed by atoms with Crippen molar-refractivity contribution < 1.29 is 24.5 Å². The number of hydrogen-bond acceptors (Lipinski definition) is 7. The first-order valence-corrected chi connectivity index (χ1v) is 9.53. The molecule has 10 nitrogen and oxygen atoms in total. The van der Waals surface area contributed by atoms with Gasteiger partial charge in [0.25, 0.3) is 23.1 Å². The van der Waals surface area contributed by atoms with E-state index in [1.165, 1.54) is 47.4 Å². The molecular weight excluding hydrogens is 406 g/mol. The third-order valence-electron chi connectivity index (χ3n) is 5.04. The van der Waals surface area contributed by atoms with E-state index in [0.29, 0.717) is 12.0 Å². The summed E-state index contributed by atoms with van der Waals surface area (Å²) in [6.45, 7) is 2.14. The summed E-state index contributed by atoms with van der Waals surface area (Å²) in [6.07, 6.45) is 1.34. The summed E-state index contributed by atoms with van der Waals surface area (Å²) in [4.78, 5) is 47.7. The van der Waals surface area contributed by atoms with Gasteiger partial charge in [0.15, 0.2) is 0 Å². The average molecular weight is 425 g/mol. The first kappa shape index (κ1) is 21.6. The number of likely N-dealkylation sites (tertiary alicyclic amines) is 1. The fourth-order valence-corrected chi connectivity index (χ4v) is 3.49. The number of nitrogens with zero attached hydrogens (tertiary/aromatic N) is 3. The normalized spacial score (nSPS) is 17.7. The molecule has 1 saturated heterocycles. The molecule has 160 valence electrons. The van der Waals surface area contributed by atoms with Crippen molar-refractivity contribution >= 4 is 28.8 Å². The summed E-state index contributed by atoms with van der Waals surface area (Å²) in [5, 5.41) is 33.0. The van der Waals surface area contributed by atoms with Gasteiger partial charge in [0, 0.05) is 36.4 Å². The van der Waals surface area contributed by atoms with E-state index < -0.39 is 33.3 Å². The van der Waals surface area contributed by atoms with Crippen molar-refractivity contribution in [1.29, 1.82) is 0 Å². The Morgan fingerprint density at radius 3 is 2.26 bits per heavy atom. The number of unbranched alkanes of at least 4 members (excludes halogenated alkanes) is 1. The molecule has 1 N–H and O–H groups in total. The SMILES string of the molecule is CCCCN1C(=O)C(=O)C(=C(O)c2ccc([N+](=O)[O-])cc2)[C@@H]1c1cccc([N+](=O)[O-])c1. The molecule has 3 rings (SSSR count). The second-order valence-corrected chi connectivity index (χ2v) is 7.00. The molecule has 1 aliphatic heterocycles. The largest absolute Gasteiger partial charge is 0.507 e. The Morgan fingerprint density at radius 1 is 1.03 bits per heavy atom. The van der Waals surface area contributed by atoms with Crippen LogP contribution in [0.15, 0.2) is 54.1 Å². The number of rotatable bonds is 7. The number of nitro benzene ring substituents is 2. The van der Waals surface area contributed by atoms with Gasteiger partial charge in [-0.3, -0.25) is 29.8 Å². The topological polar surface area (TPSA) is 144 Å². The quantitative estimate of drug-likeness (QED) is 0.234. The lowest BCUT2D eigenvalue weighted by Gasteiger charge is -2.25. The Bertz CT molecular complexity index is 1090. The second-order valence-electron chi connectivity index (χ2n) is 7.00. The monoisotopic (exact) mass is 425 g/mol. The maximum atomic E-state index is 12.8. The van der Waals surface area contributed by atoms with Crippen LogP contribution in [0.1, 0.15) is 36.9 Å². The summed E-state index contributed by atoms with van der Waals surface area (Å²) >= 11 is 0. The Kier molecular flexibility index (Phi) is 6.10. The van der Waals surface area contributed by atoms with E-state index in [4.69, 9.17) is 0 Å². The highest BCUT2D eigenvalue weighted by atomic mass is 16.6. The lowest BCUT2D eigenvalue weighted by atomic mass is 9.95. The number of ketones is 1. The predicted molar refractivity (Wildman–Crippen MR) is 110 cm³/mol.